The van der Waals surface area contributed by atoms with Crippen molar-refractivity contribution in [2.24, 2.45) is 0 Å². The Kier molecular flexibility index (Phi) is 9.54. The van der Waals surface area contributed by atoms with Crippen molar-refractivity contribution < 1.29 is 13.9 Å². The average molecular weight is 565 g/mol. The number of ether oxygens (including phenoxy) is 1. The third-order valence-electron chi connectivity index (χ3n) is 6.47. The molecule has 0 radical (unpaired) electrons. The highest BCUT2D eigenvalue weighted by Gasteiger charge is 2.22. The second kappa shape index (κ2) is 12.8. The molecule has 1 saturated heterocycles. The number of hydrogen-bond acceptors (Lipinski definition) is 4. The summed E-state index contributed by atoms with van der Waals surface area (Å²) >= 11 is 19.3. The van der Waals surface area contributed by atoms with Gasteiger partial charge in [-0.05, 0) is 74.8 Å². The van der Waals surface area contributed by atoms with Crippen LogP contribution in [0.5, 0.6) is 5.75 Å². The summed E-state index contributed by atoms with van der Waals surface area (Å²) in [6, 6.07) is 12.8. The molecular formula is C28H29Cl3FN3O2. The number of anilines is 2. The minimum Gasteiger partial charge on any atom is -0.492 e. The van der Waals surface area contributed by atoms with Crippen molar-refractivity contribution in [1.82, 2.24) is 4.90 Å². The van der Waals surface area contributed by atoms with Gasteiger partial charge < -0.3 is 15.4 Å². The molecule has 3 aromatic rings. The summed E-state index contributed by atoms with van der Waals surface area (Å²) < 4.78 is 20.0. The van der Waals surface area contributed by atoms with Crippen LogP contribution >= 0.6 is 34.8 Å². The first-order valence-electron chi connectivity index (χ1n) is 12.3. The van der Waals surface area contributed by atoms with Crippen molar-refractivity contribution in [2.75, 3.05) is 36.9 Å². The fraction of sp³-hybridized carbons (Fsp3) is 0.321. The Morgan fingerprint density at radius 1 is 1.00 bits per heavy atom. The number of benzene rings is 3. The van der Waals surface area contributed by atoms with E-state index < -0.39 is 5.82 Å². The lowest BCUT2D eigenvalue weighted by atomic mass is 9.93. The molecule has 0 aromatic heterocycles. The maximum absolute atomic E-state index is 13.9. The van der Waals surface area contributed by atoms with E-state index in [0.29, 0.717) is 51.3 Å². The molecule has 0 aliphatic carbocycles. The highest BCUT2D eigenvalue weighted by molar-refractivity contribution is 6.39. The van der Waals surface area contributed by atoms with Crippen molar-refractivity contribution in [2.45, 2.75) is 32.2 Å². The van der Waals surface area contributed by atoms with E-state index >= 15 is 0 Å². The summed E-state index contributed by atoms with van der Waals surface area (Å²) in [6.07, 6.45) is 4.29. The molecule has 1 fully saturated rings. The lowest BCUT2D eigenvalue weighted by Gasteiger charge is -2.27. The molecule has 0 saturated carbocycles. The Balaban J connectivity index is 1.73. The normalized spacial score (nSPS) is 14.7. The number of carbonyl (C=O) groups is 1. The third kappa shape index (κ3) is 6.88. The van der Waals surface area contributed by atoms with Gasteiger partial charge in [-0.3, -0.25) is 9.69 Å². The predicted octanol–water partition coefficient (Wildman–Crippen LogP) is 8.06. The number of hydrogen-bond donors (Lipinski definition) is 2. The molecule has 9 heteroatoms. The smallest absolute Gasteiger partial charge is 0.211 e. The Morgan fingerprint density at radius 3 is 2.41 bits per heavy atom. The van der Waals surface area contributed by atoms with Crippen molar-refractivity contribution in [1.29, 1.82) is 0 Å². The minimum atomic E-state index is -0.440. The second-order valence-electron chi connectivity index (χ2n) is 9.03. The van der Waals surface area contributed by atoms with Crippen LogP contribution in [0.25, 0.3) is 11.1 Å². The van der Waals surface area contributed by atoms with E-state index in [-0.39, 0.29) is 11.1 Å². The Bertz CT molecular complexity index is 1230. The Morgan fingerprint density at radius 2 is 1.73 bits per heavy atom. The van der Waals surface area contributed by atoms with E-state index in [9.17, 15) is 9.18 Å². The lowest BCUT2D eigenvalue weighted by Crippen LogP contribution is -2.33. The zero-order valence-corrected chi connectivity index (χ0v) is 22.8. The third-order valence-corrected chi connectivity index (χ3v) is 7.41. The lowest BCUT2D eigenvalue weighted by molar-refractivity contribution is -0.105. The van der Waals surface area contributed by atoms with Gasteiger partial charge in [0.25, 0.3) is 0 Å². The van der Waals surface area contributed by atoms with Gasteiger partial charge in [-0.1, -0.05) is 47.3 Å². The molecule has 1 aliphatic heterocycles. The molecule has 4 rings (SSSR count). The average Bonchev–Trinajstić information content (AvgIpc) is 2.87. The number of halogens is 4. The quantitative estimate of drug-likeness (QED) is 0.245. The number of amides is 1. The van der Waals surface area contributed by atoms with Crippen LogP contribution in [0.4, 0.5) is 15.8 Å². The van der Waals surface area contributed by atoms with Gasteiger partial charge in [0.05, 0.1) is 32.5 Å². The van der Waals surface area contributed by atoms with Crippen molar-refractivity contribution in [3.63, 3.8) is 0 Å². The molecular weight excluding hydrogens is 536 g/mol. The fourth-order valence-electron chi connectivity index (χ4n) is 4.69. The summed E-state index contributed by atoms with van der Waals surface area (Å²) in [7, 11) is 0. The second-order valence-corrected chi connectivity index (χ2v) is 10.3. The molecule has 0 bridgehead atoms. The van der Waals surface area contributed by atoms with Crippen LogP contribution in [0.15, 0.2) is 48.5 Å². The zero-order chi connectivity index (χ0) is 26.4. The molecule has 196 valence electrons. The van der Waals surface area contributed by atoms with Gasteiger partial charge in [0.2, 0.25) is 6.41 Å². The van der Waals surface area contributed by atoms with Crippen molar-refractivity contribution in [3.8, 4) is 16.9 Å². The predicted molar refractivity (Wildman–Crippen MR) is 151 cm³/mol. The molecule has 1 heterocycles. The standard InChI is InChI=1S/C28H29Cl3FN3O2/c1-18(34-28-23(29)6-5-7-24(28)30)27-22(21-9-8-19(32)14-25(21)31)15-20(16-26(27)33-17-36)37-13-12-35-10-3-2-4-11-35/h5-9,14-18,34H,2-4,10-13H2,1H3,(H,33,36). The van der Waals surface area contributed by atoms with Crippen molar-refractivity contribution >= 4 is 52.6 Å². The maximum Gasteiger partial charge on any atom is 0.211 e. The fourth-order valence-corrected chi connectivity index (χ4v) is 5.47. The minimum absolute atomic E-state index is 0.242. The number of rotatable bonds is 10. The van der Waals surface area contributed by atoms with Gasteiger partial charge in [-0.2, -0.15) is 0 Å². The van der Waals surface area contributed by atoms with Crippen molar-refractivity contribution in [3.05, 3.63) is 75.0 Å². The summed E-state index contributed by atoms with van der Waals surface area (Å²) in [5.41, 5.74) is 3.11. The summed E-state index contributed by atoms with van der Waals surface area (Å²) in [5.74, 6) is 0.132. The zero-order valence-electron chi connectivity index (χ0n) is 20.5. The molecule has 1 aliphatic rings. The van der Waals surface area contributed by atoms with E-state index in [2.05, 4.69) is 15.5 Å². The van der Waals surface area contributed by atoms with Crippen LogP contribution in [0.2, 0.25) is 15.1 Å². The maximum atomic E-state index is 13.9. The molecule has 1 atom stereocenters. The largest absolute Gasteiger partial charge is 0.492 e. The van der Waals surface area contributed by atoms with E-state index in [1.807, 2.05) is 13.0 Å². The molecule has 3 aromatic carbocycles. The summed E-state index contributed by atoms with van der Waals surface area (Å²) in [6.45, 7) is 5.38. The number of piperidine rings is 1. The van der Waals surface area contributed by atoms with Gasteiger partial charge in [0.1, 0.15) is 18.2 Å². The topological polar surface area (TPSA) is 53.6 Å². The van der Waals surface area contributed by atoms with Gasteiger partial charge in [-0.25, -0.2) is 4.39 Å². The molecule has 1 amide bonds. The first-order chi connectivity index (χ1) is 17.9. The van der Waals surface area contributed by atoms with Gasteiger partial charge in [0, 0.05) is 23.7 Å². The number of nitrogens with zero attached hydrogens (tertiary/aromatic N) is 1. The van der Waals surface area contributed by atoms with E-state index in [4.69, 9.17) is 39.5 Å². The number of nitrogens with one attached hydrogen (secondary N) is 2. The highest BCUT2D eigenvalue weighted by Crippen LogP contribution is 2.43. The van der Waals surface area contributed by atoms with Crippen LogP contribution in [-0.4, -0.2) is 37.6 Å². The van der Waals surface area contributed by atoms with Gasteiger partial charge in [0.15, 0.2) is 0 Å². The number of carbonyl (C=O) groups excluding carboxylic acids is 1. The molecule has 2 N–H and O–H groups in total. The summed E-state index contributed by atoms with van der Waals surface area (Å²) in [5, 5.41) is 7.32. The van der Waals surface area contributed by atoms with Crippen LogP contribution in [0.3, 0.4) is 0 Å². The summed E-state index contributed by atoms with van der Waals surface area (Å²) in [4.78, 5) is 14.0. The first kappa shape index (κ1) is 27.5. The molecule has 37 heavy (non-hydrogen) atoms. The highest BCUT2D eigenvalue weighted by atomic mass is 35.5. The van der Waals surface area contributed by atoms with Gasteiger partial charge >= 0.3 is 0 Å². The van der Waals surface area contributed by atoms with E-state index in [0.717, 1.165) is 25.2 Å². The molecule has 5 nitrogen and oxygen atoms in total. The number of para-hydroxylation sites is 1. The van der Waals surface area contributed by atoms with Crippen LogP contribution in [0.1, 0.15) is 37.8 Å². The number of likely N-dealkylation sites (tertiary alicyclic amines) is 1. The SMILES string of the molecule is CC(Nc1c(Cl)cccc1Cl)c1c(NC=O)cc(OCCN2CCCCC2)cc1-c1ccc(F)cc1Cl. The molecule has 1 unspecified atom stereocenters. The Hall–Kier alpha value is -2.51. The Labute approximate surface area is 231 Å². The molecule has 0 spiro atoms. The van der Waals surface area contributed by atoms with E-state index in [1.165, 1.54) is 31.4 Å². The van der Waals surface area contributed by atoms with Gasteiger partial charge in [-0.15, -0.1) is 0 Å². The first-order valence-corrected chi connectivity index (χ1v) is 13.4. The van der Waals surface area contributed by atoms with Crippen LogP contribution < -0.4 is 15.4 Å². The van der Waals surface area contributed by atoms with Crippen LogP contribution in [-0.2, 0) is 4.79 Å². The van der Waals surface area contributed by atoms with Crippen LogP contribution in [0, 0.1) is 5.82 Å². The monoisotopic (exact) mass is 563 g/mol. The van der Waals surface area contributed by atoms with E-state index in [1.54, 1.807) is 30.3 Å².